The van der Waals surface area contributed by atoms with Crippen molar-refractivity contribution in [1.29, 1.82) is 5.26 Å². The lowest BCUT2D eigenvalue weighted by Crippen LogP contribution is -2.43. The van der Waals surface area contributed by atoms with Gasteiger partial charge in [0.05, 0.1) is 30.5 Å². The lowest BCUT2D eigenvalue weighted by atomic mass is 9.88. The van der Waals surface area contributed by atoms with Crippen molar-refractivity contribution in [2.75, 3.05) is 13.7 Å². The molecule has 2 heterocycles. The largest absolute Gasteiger partial charge is 0.496 e. The maximum Gasteiger partial charge on any atom is 0.128 e. The molecule has 1 fully saturated rings. The number of nitrogens with one attached hydrogen (secondary N) is 2. The minimum Gasteiger partial charge on any atom is -0.496 e. The molecule has 0 bridgehead atoms. The fourth-order valence-corrected chi connectivity index (χ4v) is 4.33. The van der Waals surface area contributed by atoms with Crippen LogP contribution in [0.25, 0.3) is 17.3 Å². The van der Waals surface area contributed by atoms with E-state index in [-0.39, 0.29) is 11.5 Å². The molecule has 37 heavy (non-hydrogen) atoms. The van der Waals surface area contributed by atoms with Gasteiger partial charge in [-0.25, -0.2) is 0 Å². The van der Waals surface area contributed by atoms with Crippen molar-refractivity contribution in [2.24, 2.45) is 10.9 Å². The Morgan fingerprint density at radius 1 is 1.32 bits per heavy atom. The highest BCUT2D eigenvalue weighted by atomic mass is 16.5. The monoisotopic (exact) mass is 495 g/mol. The highest BCUT2D eigenvalue weighted by molar-refractivity contribution is 5.71. The zero-order chi connectivity index (χ0) is 26.8. The van der Waals surface area contributed by atoms with Crippen molar-refractivity contribution >= 4 is 12.3 Å². The number of ether oxygens (including phenoxy) is 1. The summed E-state index contributed by atoms with van der Waals surface area (Å²) < 4.78 is 5.74. The van der Waals surface area contributed by atoms with Gasteiger partial charge in [0.2, 0.25) is 0 Å². The summed E-state index contributed by atoms with van der Waals surface area (Å²) in [6, 6.07) is 10.4. The number of methoxy groups -OCH3 is 1. The summed E-state index contributed by atoms with van der Waals surface area (Å²) in [7, 11) is 1.69. The van der Waals surface area contributed by atoms with Crippen molar-refractivity contribution in [3.63, 3.8) is 0 Å². The van der Waals surface area contributed by atoms with Crippen LogP contribution >= 0.6 is 0 Å². The SMILES string of the molecule is C=C/C=C/C(N=CC(C)C#N)=C(\C=C)Cc1cc(-c2ccc(/C=C3/CCNC(C)(C)C3)cc2OC)n[nH]1. The van der Waals surface area contributed by atoms with Gasteiger partial charge in [-0.15, -0.1) is 0 Å². The Morgan fingerprint density at radius 3 is 2.81 bits per heavy atom. The second kappa shape index (κ2) is 12.8. The predicted molar refractivity (Wildman–Crippen MR) is 153 cm³/mol. The van der Waals surface area contributed by atoms with E-state index in [9.17, 15) is 0 Å². The smallest absolute Gasteiger partial charge is 0.128 e. The molecule has 1 aromatic heterocycles. The van der Waals surface area contributed by atoms with E-state index in [1.54, 1.807) is 32.4 Å². The van der Waals surface area contributed by atoms with Gasteiger partial charge < -0.3 is 10.1 Å². The first-order valence-corrected chi connectivity index (χ1v) is 12.5. The van der Waals surface area contributed by atoms with E-state index >= 15 is 0 Å². The van der Waals surface area contributed by atoms with E-state index in [2.05, 4.69) is 77.9 Å². The third-order valence-corrected chi connectivity index (χ3v) is 6.21. The van der Waals surface area contributed by atoms with Crippen LogP contribution in [-0.2, 0) is 6.42 Å². The van der Waals surface area contributed by atoms with E-state index < -0.39 is 0 Å². The average Bonchev–Trinajstić information content (AvgIpc) is 3.35. The number of hydrogen-bond donors (Lipinski definition) is 2. The zero-order valence-electron chi connectivity index (χ0n) is 22.3. The fourth-order valence-electron chi connectivity index (χ4n) is 4.33. The van der Waals surface area contributed by atoms with E-state index in [0.29, 0.717) is 6.42 Å². The summed E-state index contributed by atoms with van der Waals surface area (Å²) in [4.78, 5) is 4.52. The molecule has 1 aromatic carbocycles. The summed E-state index contributed by atoms with van der Waals surface area (Å²) >= 11 is 0. The molecule has 1 atom stereocenters. The second-order valence-electron chi connectivity index (χ2n) is 9.86. The zero-order valence-corrected chi connectivity index (χ0v) is 22.3. The number of nitriles is 1. The molecule has 6 heteroatoms. The van der Waals surface area contributed by atoms with Crippen molar-refractivity contribution < 1.29 is 4.74 Å². The summed E-state index contributed by atoms with van der Waals surface area (Å²) in [5.74, 6) is 0.495. The van der Waals surface area contributed by atoms with Crippen LogP contribution in [0.3, 0.4) is 0 Å². The van der Waals surface area contributed by atoms with Crippen LogP contribution in [0, 0.1) is 17.2 Å². The number of nitrogens with zero attached hydrogens (tertiary/aromatic N) is 3. The molecule has 2 aromatic rings. The first-order chi connectivity index (χ1) is 17.8. The van der Waals surface area contributed by atoms with Gasteiger partial charge in [0.1, 0.15) is 5.75 Å². The Morgan fingerprint density at radius 2 is 2.14 bits per heavy atom. The molecule has 1 aliphatic rings. The molecule has 1 unspecified atom stereocenters. The van der Waals surface area contributed by atoms with Crippen LogP contribution in [0.15, 0.2) is 83.6 Å². The van der Waals surface area contributed by atoms with Crippen molar-refractivity contribution in [1.82, 2.24) is 15.5 Å². The van der Waals surface area contributed by atoms with Crippen molar-refractivity contribution in [3.8, 4) is 23.1 Å². The Balaban J connectivity index is 1.87. The molecule has 0 amide bonds. The molecule has 0 spiro atoms. The standard InChI is InChI=1S/C31H37N5O/c1-7-9-10-28(33-21-22(3)20-32)25(8-2)17-26-18-29(36-35-26)27-12-11-23(16-30(27)37-6)15-24-13-14-34-31(4,5)19-24/h7-12,15-16,18,21-22,34H,1-2,13-14,17,19H2,3-6H3,(H,35,36)/b10-9+,24-15-,28-25-,33-21?. The minimum atomic E-state index is -0.288. The number of H-pyrrole nitrogens is 1. The van der Waals surface area contributed by atoms with E-state index in [1.807, 2.05) is 18.2 Å². The quantitative estimate of drug-likeness (QED) is 0.288. The lowest BCUT2D eigenvalue weighted by molar-refractivity contribution is 0.354. The second-order valence-corrected chi connectivity index (χ2v) is 9.86. The van der Waals surface area contributed by atoms with Crippen LogP contribution < -0.4 is 10.1 Å². The maximum absolute atomic E-state index is 9.09. The molecular formula is C31H37N5O. The third-order valence-electron chi connectivity index (χ3n) is 6.21. The highest BCUT2D eigenvalue weighted by Gasteiger charge is 2.23. The molecule has 0 radical (unpaired) electrons. The summed E-state index contributed by atoms with van der Waals surface area (Å²) in [6.45, 7) is 15.0. The van der Waals surface area contributed by atoms with Crippen LogP contribution in [0.5, 0.6) is 5.75 Å². The van der Waals surface area contributed by atoms with Gasteiger partial charge >= 0.3 is 0 Å². The van der Waals surface area contributed by atoms with Crippen LogP contribution in [0.4, 0.5) is 0 Å². The van der Waals surface area contributed by atoms with Crippen LogP contribution in [-0.4, -0.2) is 35.6 Å². The summed E-state index contributed by atoms with van der Waals surface area (Å²) in [6.07, 6.45) is 13.7. The number of piperidine rings is 1. The summed E-state index contributed by atoms with van der Waals surface area (Å²) in [5, 5.41) is 20.3. The number of allylic oxidation sites excluding steroid dienone is 5. The number of rotatable bonds is 10. The molecular weight excluding hydrogens is 458 g/mol. The number of hydrogen-bond acceptors (Lipinski definition) is 5. The van der Waals surface area contributed by atoms with Gasteiger partial charge in [0.25, 0.3) is 0 Å². The average molecular weight is 496 g/mol. The number of aromatic nitrogens is 2. The Labute approximate surface area is 220 Å². The Hall–Kier alpha value is -3.95. The maximum atomic E-state index is 9.09. The molecule has 3 rings (SSSR count). The van der Waals surface area contributed by atoms with E-state index in [1.165, 1.54) is 5.57 Å². The number of benzene rings is 1. The fraction of sp³-hybridized carbons (Fsp3) is 0.323. The lowest BCUT2D eigenvalue weighted by Gasteiger charge is -2.33. The van der Waals surface area contributed by atoms with Gasteiger partial charge in [0.15, 0.2) is 0 Å². The van der Waals surface area contributed by atoms with Gasteiger partial charge in [0, 0.05) is 29.4 Å². The Bertz CT molecular complexity index is 1280. The Kier molecular flexibility index (Phi) is 9.59. The molecule has 0 saturated carbocycles. The normalized spacial score (nSPS) is 18.0. The molecule has 0 aliphatic carbocycles. The predicted octanol–water partition coefficient (Wildman–Crippen LogP) is 6.59. The third kappa shape index (κ3) is 7.77. The molecule has 2 N–H and O–H groups in total. The van der Waals surface area contributed by atoms with Gasteiger partial charge in [-0.05, 0) is 75.6 Å². The van der Waals surface area contributed by atoms with Crippen LogP contribution in [0.2, 0.25) is 0 Å². The van der Waals surface area contributed by atoms with Gasteiger partial charge in [-0.2, -0.15) is 10.4 Å². The highest BCUT2D eigenvalue weighted by Crippen LogP contribution is 2.32. The minimum absolute atomic E-state index is 0.124. The van der Waals surface area contributed by atoms with E-state index in [0.717, 1.165) is 58.9 Å². The van der Waals surface area contributed by atoms with Crippen LogP contribution in [0.1, 0.15) is 44.9 Å². The topological polar surface area (TPSA) is 86.1 Å². The first kappa shape index (κ1) is 27.6. The first-order valence-electron chi connectivity index (χ1n) is 12.5. The van der Waals surface area contributed by atoms with Gasteiger partial charge in [-0.1, -0.05) is 49.1 Å². The molecule has 6 nitrogen and oxygen atoms in total. The van der Waals surface area contributed by atoms with Crippen molar-refractivity contribution in [3.05, 3.63) is 89.8 Å². The van der Waals surface area contributed by atoms with E-state index in [4.69, 9.17) is 10.00 Å². The number of aliphatic imine (C=N–C) groups is 1. The molecule has 192 valence electrons. The summed E-state index contributed by atoms with van der Waals surface area (Å²) in [5.41, 5.74) is 6.98. The molecule has 1 saturated heterocycles. The van der Waals surface area contributed by atoms with Crippen molar-refractivity contribution in [2.45, 2.75) is 45.6 Å². The molecule has 1 aliphatic heterocycles. The van der Waals surface area contributed by atoms with Gasteiger partial charge in [-0.3, -0.25) is 10.1 Å². The number of aromatic amines is 1.